The van der Waals surface area contributed by atoms with Gasteiger partial charge in [-0.1, -0.05) is 323 Å². The summed E-state index contributed by atoms with van der Waals surface area (Å²) in [6.07, 6.45) is 67.2. The van der Waals surface area contributed by atoms with Gasteiger partial charge in [-0.15, -0.1) is 0 Å². The van der Waals surface area contributed by atoms with Crippen LogP contribution in [0, 0.1) is 47.4 Å². The summed E-state index contributed by atoms with van der Waals surface area (Å²) in [5, 5.41) is 0. The van der Waals surface area contributed by atoms with Crippen molar-refractivity contribution >= 4 is 46.4 Å². The highest BCUT2D eigenvalue weighted by Crippen LogP contribution is 2.41. The third kappa shape index (κ3) is 36.5. The number of nitrogens with one attached hydrogen (secondary N) is 2. The molecule has 3 aromatic heterocycles. The number of aromatic amines is 2. The van der Waals surface area contributed by atoms with Crippen LogP contribution in [0.25, 0.3) is 46.4 Å². The summed E-state index contributed by atoms with van der Waals surface area (Å²) in [6.45, 7) is 17.3. The maximum absolute atomic E-state index is 6.70. The van der Waals surface area contributed by atoms with Crippen molar-refractivity contribution in [2.24, 2.45) is 0 Å². The number of aromatic nitrogens is 4. The maximum Gasteiger partial charge on any atom is 0.203 e. The van der Waals surface area contributed by atoms with Crippen LogP contribution < -0.4 is 28.4 Å². The summed E-state index contributed by atoms with van der Waals surface area (Å²) in [5.74, 6) is 30.8. The second-order valence-corrected chi connectivity index (χ2v) is 30.7. The van der Waals surface area contributed by atoms with Crippen LogP contribution in [0.5, 0.6) is 34.5 Å². The van der Waals surface area contributed by atoms with Gasteiger partial charge in [0.1, 0.15) is 0 Å². The van der Waals surface area contributed by atoms with Gasteiger partial charge >= 0.3 is 0 Å². The molecule has 8 bridgehead atoms. The molecule has 0 saturated carbocycles. The zero-order valence-corrected chi connectivity index (χ0v) is 69.6. The second-order valence-electron chi connectivity index (χ2n) is 30.7. The molecule has 0 saturated heterocycles. The van der Waals surface area contributed by atoms with Gasteiger partial charge in [0.25, 0.3) is 0 Å². The summed E-state index contributed by atoms with van der Waals surface area (Å²) in [4.78, 5) is 17.6. The fraction of sp³-hybridized carbons (Fsp3) is 0.600. The lowest BCUT2D eigenvalue weighted by Crippen LogP contribution is -2.07. The molecular formula is C100H142N4O6. The summed E-state index contributed by atoms with van der Waals surface area (Å²) in [5.41, 5.74) is 9.44. The predicted octanol–water partition coefficient (Wildman–Crippen LogP) is 28.6. The average molecular weight is 1500 g/mol. The molecule has 0 atom stereocenters. The van der Waals surface area contributed by atoms with E-state index in [1.807, 2.05) is 60.7 Å². The molecule has 2 aliphatic rings. The second kappa shape index (κ2) is 58.0. The Morgan fingerprint density at radius 1 is 0.255 bits per heavy atom. The van der Waals surface area contributed by atoms with E-state index in [1.54, 1.807) is 0 Å². The molecular weight excluding hydrogens is 1350 g/mol. The number of unbranched alkanes of at least 4 members (excludes halogenated alkanes) is 42. The van der Waals surface area contributed by atoms with E-state index in [4.69, 9.17) is 38.4 Å². The topological polar surface area (TPSA) is 113 Å². The van der Waals surface area contributed by atoms with Gasteiger partial charge in [0, 0.05) is 22.2 Å². The average Bonchev–Trinajstić information content (AvgIpc) is 1.58. The highest BCUT2D eigenvalue weighted by molar-refractivity contribution is 5.84. The molecule has 7 rings (SSSR count). The van der Waals surface area contributed by atoms with Crippen LogP contribution in [-0.4, -0.2) is 59.6 Å². The number of H-pyrrole nitrogens is 2. The lowest BCUT2D eigenvalue weighted by Gasteiger charge is -2.18. The smallest absolute Gasteiger partial charge is 0.203 e. The summed E-state index contributed by atoms with van der Waals surface area (Å²) >= 11 is 0. The first-order valence-electron chi connectivity index (χ1n) is 44.7. The molecule has 2 aliphatic heterocycles. The zero-order valence-electron chi connectivity index (χ0n) is 69.6. The lowest BCUT2D eigenvalue weighted by molar-refractivity contribution is 0.234. The number of fused-ring (bicyclic) bond motifs is 8. The van der Waals surface area contributed by atoms with Gasteiger partial charge in [0.2, 0.25) is 11.5 Å². The third-order valence-corrected chi connectivity index (χ3v) is 20.9. The van der Waals surface area contributed by atoms with E-state index in [1.165, 1.54) is 231 Å². The van der Waals surface area contributed by atoms with Gasteiger partial charge in [0.15, 0.2) is 23.0 Å². The summed E-state index contributed by atoms with van der Waals surface area (Å²) in [7, 11) is 0. The van der Waals surface area contributed by atoms with E-state index in [9.17, 15) is 0 Å². The molecule has 0 spiro atoms. The van der Waals surface area contributed by atoms with Crippen LogP contribution in [0.2, 0.25) is 0 Å². The fourth-order valence-electron chi connectivity index (χ4n) is 14.2. The molecule has 598 valence electrons. The maximum atomic E-state index is 6.70. The van der Waals surface area contributed by atoms with Crippen molar-refractivity contribution in [3.63, 3.8) is 0 Å². The number of hydrogen-bond donors (Lipinski definition) is 2. The standard InChI is InChI=1S/C100H142N4O6/c1-7-13-19-25-31-37-43-53-71-105-95-77-83(78-96(106-72-54-44-38-32-26-20-14-8-2)99(95)109-75-57-47-41-35-29-23-17-11-5)59-49-51-61-89-91-67-63-85(101-91)81-87-65-69-93(103-87)90(94-70-66-88(104-94)82-86-64-68-92(89)102-86)62-52-50-60-84-79-97(107-73-55-45-39-33-27-21-15-9-3)100(110-76-58-48-42-36-30-24-18-12-6)98(80-84)108-74-56-46-40-34-28-22-16-10-4/h63-70,77-82,101-102H,7-48,53-58,71-76H2,1-6H3. The van der Waals surface area contributed by atoms with Crippen LogP contribution in [0.15, 0.2) is 60.7 Å². The molecule has 0 radical (unpaired) electrons. The van der Waals surface area contributed by atoms with E-state index in [0.29, 0.717) is 91.1 Å². The van der Waals surface area contributed by atoms with Crippen molar-refractivity contribution in [2.45, 2.75) is 350 Å². The minimum atomic E-state index is 0.606. The van der Waals surface area contributed by atoms with Crippen LogP contribution >= 0.6 is 0 Å². The van der Waals surface area contributed by atoms with E-state index < -0.39 is 0 Å². The Morgan fingerprint density at radius 3 is 0.782 bits per heavy atom. The Balaban J connectivity index is 1.17. The monoisotopic (exact) mass is 1500 g/mol. The first-order chi connectivity index (χ1) is 54.4. The predicted molar refractivity (Wildman–Crippen MR) is 468 cm³/mol. The minimum Gasteiger partial charge on any atom is -0.490 e. The highest BCUT2D eigenvalue weighted by atomic mass is 16.5. The van der Waals surface area contributed by atoms with Crippen molar-refractivity contribution < 1.29 is 28.4 Å². The van der Waals surface area contributed by atoms with E-state index in [2.05, 4.69) is 123 Å². The van der Waals surface area contributed by atoms with Crippen LogP contribution in [0.3, 0.4) is 0 Å². The molecule has 2 N–H and O–H groups in total. The Morgan fingerprint density at radius 2 is 0.500 bits per heavy atom. The molecule has 110 heavy (non-hydrogen) atoms. The zero-order chi connectivity index (χ0) is 77.2. The van der Waals surface area contributed by atoms with Crippen LogP contribution in [0.4, 0.5) is 0 Å². The normalized spacial score (nSPS) is 11.3. The SMILES string of the molecule is CCCCCCCCCCOc1cc(C#CC#Cc2c3nc(cc4ccc([nH]4)c(C#CC#Cc4cc(OCCCCCCCCCC)c(OCCCCCCCCCC)c(OCCCCCCCCCC)c4)c4ccc(cc5nc2C=C5)[nH]4)C=C3)cc(OCCCCCCCCCC)c1OCCCCCCCCCC. The van der Waals surface area contributed by atoms with Gasteiger partial charge in [-0.2, -0.15) is 0 Å². The number of benzene rings is 2. The quantitative estimate of drug-likeness (QED) is 0.0286. The van der Waals surface area contributed by atoms with Crippen molar-refractivity contribution in [3.05, 3.63) is 106 Å². The van der Waals surface area contributed by atoms with Gasteiger partial charge in [-0.05, 0) is 159 Å². The summed E-state index contributed by atoms with van der Waals surface area (Å²) in [6, 6.07) is 20.5. The number of hydrogen-bond acceptors (Lipinski definition) is 8. The number of nitrogens with zero attached hydrogens (tertiary/aromatic N) is 2. The van der Waals surface area contributed by atoms with Gasteiger partial charge in [-0.3, -0.25) is 0 Å². The molecule has 2 aromatic carbocycles. The molecule has 0 unspecified atom stereocenters. The lowest BCUT2D eigenvalue weighted by atomic mass is 10.1. The molecule has 10 nitrogen and oxygen atoms in total. The molecule has 0 amide bonds. The van der Waals surface area contributed by atoms with E-state index in [0.717, 1.165) is 127 Å². The van der Waals surface area contributed by atoms with Crippen molar-refractivity contribution in [1.82, 2.24) is 19.9 Å². The Kier molecular flexibility index (Phi) is 47.1. The highest BCUT2D eigenvalue weighted by Gasteiger charge is 2.19. The van der Waals surface area contributed by atoms with Gasteiger partial charge in [0.05, 0.1) is 84.6 Å². The fourth-order valence-corrected chi connectivity index (χ4v) is 14.2. The van der Waals surface area contributed by atoms with Crippen molar-refractivity contribution in [2.75, 3.05) is 39.6 Å². The summed E-state index contributed by atoms with van der Waals surface area (Å²) < 4.78 is 40.2. The largest absolute Gasteiger partial charge is 0.490 e. The number of rotatable bonds is 60. The van der Waals surface area contributed by atoms with Crippen molar-refractivity contribution in [3.8, 4) is 81.9 Å². The molecule has 0 aliphatic carbocycles. The van der Waals surface area contributed by atoms with Crippen LogP contribution in [-0.2, 0) is 0 Å². The third-order valence-electron chi connectivity index (χ3n) is 20.9. The molecule has 5 aromatic rings. The molecule has 0 fully saturated rings. The van der Waals surface area contributed by atoms with Crippen molar-refractivity contribution in [1.29, 1.82) is 0 Å². The first kappa shape index (κ1) is 89.3. The van der Waals surface area contributed by atoms with Gasteiger partial charge < -0.3 is 38.4 Å². The molecule has 5 heterocycles. The Bertz CT molecular complexity index is 3700. The minimum absolute atomic E-state index is 0.606. The van der Waals surface area contributed by atoms with E-state index in [-0.39, 0.29) is 0 Å². The first-order valence-corrected chi connectivity index (χ1v) is 44.7. The van der Waals surface area contributed by atoms with Gasteiger partial charge in [-0.25, -0.2) is 9.97 Å². The van der Waals surface area contributed by atoms with Crippen LogP contribution in [0.1, 0.15) is 395 Å². The Labute approximate surface area is 667 Å². The number of ether oxygens (including phenoxy) is 6. The Hall–Kier alpha value is -7.92. The molecule has 10 heteroatoms. The van der Waals surface area contributed by atoms with E-state index >= 15 is 0 Å².